The predicted molar refractivity (Wildman–Crippen MR) is 89.8 cm³/mol. The molecule has 0 radical (unpaired) electrons. The van der Waals surface area contributed by atoms with Crippen LogP contribution in [0.25, 0.3) is 0 Å². The Hall–Kier alpha value is -1.80. The molecule has 0 saturated carbocycles. The average Bonchev–Trinajstić information content (AvgIpc) is 2.42. The summed E-state index contributed by atoms with van der Waals surface area (Å²) < 4.78 is 11.4. The first-order valence-electron chi connectivity index (χ1n) is 7.24. The third-order valence-electron chi connectivity index (χ3n) is 2.79. The standard InChI is InChI=1S/C19H26O2/c1-6-9-16(7-2)14-17-10-8-11-18(15-17)20-12-13-21-19(3,4)5/h6-11,15H,1-2,12-14H2,3-5H3/b16-9+. The molecule has 21 heavy (non-hydrogen) atoms. The SMILES string of the molecule is C=C/C=C(\C=C)Cc1cccc(OCCOC(C)(C)C)c1. The van der Waals surface area contributed by atoms with Gasteiger partial charge in [-0.2, -0.15) is 0 Å². The van der Waals surface area contributed by atoms with Crippen LogP contribution in [-0.2, 0) is 11.2 Å². The highest BCUT2D eigenvalue weighted by Crippen LogP contribution is 2.17. The molecule has 1 aromatic rings. The molecule has 0 saturated heterocycles. The normalized spacial score (nSPS) is 12.0. The Morgan fingerprint density at radius 2 is 1.95 bits per heavy atom. The highest BCUT2D eigenvalue weighted by Gasteiger charge is 2.09. The fourth-order valence-corrected chi connectivity index (χ4v) is 1.84. The number of rotatable bonds is 8. The molecule has 114 valence electrons. The first kappa shape index (κ1) is 17.3. The minimum absolute atomic E-state index is 0.125. The Morgan fingerprint density at radius 1 is 1.19 bits per heavy atom. The van der Waals surface area contributed by atoms with E-state index in [-0.39, 0.29) is 5.60 Å². The van der Waals surface area contributed by atoms with Crippen LogP contribution in [0.1, 0.15) is 26.3 Å². The highest BCUT2D eigenvalue weighted by atomic mass is 16.5. The highest BCUT2D eigenvalue weighted by molar-refractivity contribution is 5.34. The minimum Gasteiger partial charge on any atom is -0.491 e. The van der Waals surface area contributed by atoms with E-state index in [0.29, 0.717) is 13.2 Å². The number of allylic oxidation sites excluding steroid dienone is 4. The van der Waals surface area contributed by atoms with Crippen molar-refractivity contribution >= 4 is 0 Å². The monoisotopic (exact) mass is 286 g/mol. The van der Waals surface area contributed by atoms with Crippen molar-refractivity contribution < 1.29 is 9.47 Å². The lowest BCUT2D eigenvalue weighted by atomic mass is 10.0. The van der Waals surface area contributed by atoms with E-state index in [1.54, 1.807) is 6.08 Å². The zero-order chi connectivity index (χ0) is 15.7. The molecule has 0 heterocycles. The molecular weight excluding hydrogens is 260 g/mol. The predicted octanol–water partition coefficient (Wildman–Crippen LogP) is 4.72. The molecule has 0 bridgehead atoms. The molecule has 0 unspecified atom stereocenters. The summed E-state index contributed by atoms with van der Waals surface area (Å²) in [6, 6.07) is 8.10. The second kappa shape index (κ2) is 8.48. The van der Waals surface area contributed by atoms with Crippen LogP contribution in [0.5, 0.6) is 5.75 Å². The maximum atomic E-state index is 5.73. The summed E-state index contributed by atoms with van der Waals surface area (Å²) in [5.74, 6) is 0.868. The van der Waals surface area contributed by atoms with Crippen molar-refractivity contribution in [3.63, 3.8) is 0 Å². The van der Waals surface area contributed by atoms with Crippen LogP contribution >= 0.6 is 0 Å². The van der Waals surface area contributed by atoms with E-state index >= 15 is 0 Å². The van der Waals surface area contributed by atoms with Gasteiger partial charge in [0.05, 0.1) is 12.2 Å². The fraction of sp³-hybridized carbons (Fsp3) is 0.368. The first-order chi connectivity index (χ1) is 9.94. The molecule has 0 aromatic heterocycles. The lowest BCUT2D eigenvalue weighted by Crippen LogP contribution is -2.22. The molecule has 1 aromatic carbocycles. The maximum Gasteiger partial charge on any atom is 0.119 e. The molecule has 0 spiro atoms. The Balaban J connectivity index is 2.54. The van der Waals surface area contributed by atoms with Gasteiger partial charge in [-0.05, 0) is 50.5 Å². The average molecular weight is 286 g/mol. The van der Waals surface area contributed by atoms with Crippen molar-refractivity contribution in [3.8, 4) is 5.75 Å². The largest absolute Gasteiger partial charge is 0.491 e. The number of hydrogen-bond donors (Lipinski definition) is 0. The summed E-state index contributed by atoms with van der Waals surface area (Å²) in [6.45, 7) is 14.8. The third-order valence-corrected chi connectivity index (χ3v) is 2.79. The van der Waals surface area contributed by atoms with Gasteiger partial charge in [0.2, 0.25) is 0 Å². The van der Waals surface area contributed by atoms with E-state index in [9.17, 15) is 0 Å². The van der Waals surface area contributed by atoms with Crippen molar-refractivity contribution in [2.24, 2.45) is 0 Å². The van der Waals surface area contributed by atoms with Crippen molar-refractivity contribution in [2.45, 2.75) is 32.8 Å². The summed E-state index contributed by atoms with van der Waals surface area (Å²) in [5.41, 5.74) is 2.20. The van der Waals surface area contributed by atoms with Crippen LogP contribution in [0, 0.1) is 0 Å². The van der Waals surface area contributed by atoms with Gasteiger partial charge >= 0.3 is 0 Å². The molecule has 0 aliphatic heterocycles. The molecule has 0 aliphatic carbocycles. The Labute approximate surface area is 128 Å². The van der Waals surface area contributed by atoms with E-state index in [4.69, 9.17) is 9.47 Å². The van der Waals surface area contributed by atoms with Gasteiger partial charge in [0.15, 0.2) is 0 Å². The van der Waals surface area contributed by atoms with Crippen molar-refractivity contribution in [1.82, 2.24) is 0 Å². The Bertz CT molecular complexity index is 493. The quantitative estimate of drug-likeness (QED) is 0.508. The van der Waals surface area contributed by atoms with Gasteiger partial charge in [0.25, 0.3) is 0 Å². The second-order valence-corrected chi connectivity index (χ2v) is 5.81. The lowest BCUT2D eigenvalue weighted by molar-refractivity contribution is -0.0163. The second-order valence-electron chi connectivity index (χ2n) is 5.81. The van der Waals surface area contributed by atoms with Crippen LogP contribution in [0.15, 0.2) is 61.2 Å². The summed E-state index contributed by atoms with van der Waals surface area (Å²) in [6.07, 6.45) is 6.43. The summed E-state index contributed by atoms with van der Waals surface area (Å²) in [4.78, 5) is 0. The van der Waals surface area contributed by atoms with Crippen molar-refractivity contribution in [3.05, 3.63) is 66.8 Å². The molecule has 1 rings (SSSR count). The zero-order valence-corrected chi connectivity index (χ0v) is 13.4. The van der Waals surface area contributed by atoms with E-state index in [1.165, 1.54) is 5.56 Å². The van der Waals surface area contributed by atoms with Crippen LogP contribution in [0.2, 0.25) is 0 Å². The van der Waals surface area contributed by atoms with E-state index in [1.807, 2.05) is 45.1 Å². The first-order valence-corrected chi connectivity index (χ1v) is 7.24. The van der Waals surface area contributed by atoms with Crippen LogP contribution in [0.3, 0.4) is 0 Å². The minimum atomic E-state index is -0.125. The lowest BCUT2D eigenvalue weighted by Gasteiger charge is -2.19. The van der Waals surface area contributed by atoms with E-state index < -0.39 is 0 Å². The van der Waals surface area contributed by atoms with Gasteiger partial charge in [0, 0.05) is 0 Å². The fourth-order valence-electron chi connectivity index (χ4n) is 1.84. The van der Waals surface area contributed by atoms with E-state index in [0.717, 1.165) is 17.7 Å². The molecule has 0 amide bonds. The van der Waals surface area contributed by atoms with Gasteiger partial charge in [-0.15, -0.1) is 0 Å². The van der Waals surface area contributed by atoms with Gasteiger partial charge < -0.3 is 9.47 Å². The molecule has 0 N–H and O–H groups in total. The number of benzene rings is 1. The number of ether oxygens (including phenoxy) is 2. The smallest absolute Gasteiger partial charge is 0.119 e. The van der Waals surface area contributed by atoms with Crippen LogP contribution in [-0.4, -0.2) is 18.8 Å². The van der Waals surface area contributed by atoms with Crippen LogP contribution < -0.4 is 4.74 Å². The Kier molecular flexibility index (Phi) is 6.97. The van der Waals surface area contributed by atoms with Gasteiger partial charge in [-0.1, -0.05) is 43.5 Å². The molecule has 2 heteroatoms. The van der Waals surface area contributed by atoms with Crippen molar-refractivity contribution in [1.29, 1.82) is 0 Å². The number of hydrogen-bond acceptors (Lipinski definition) is 2. The third kappa shape index (κ3) is 7.52. The van der Waals surface area contributed by atoms with Crippen molar-refractivity contribution in [2.75, 3.05) is 13.2 Å². The van der Waals surface area contributed by atoms with Gasteiger partial charge in [-0.3, -0.25) is 0 Å². The summed E-state index contributed by atoms with van der Waals surface area (Å²) >= 11 is 0. The zero-order valence-electron chi connectivity index (χ0n) is 13.4. The molecule has 0 aliphatic rings. The molecule has 2 nitrogen and oxygen atoms in total. The summed E-state index contributed by atoms with van der Waals surface area (Å²) in [5, 5.41) is 0. The maximum absolute atomic E-state index is 5.73. The van der Waals surface area contributed by atoms with Gasteiger partial charge in [0.1, 0.15) is 12.4 Å². The molecule has 0 fully saturated rings. The van der Waals surface area contributed by atoms with E-state index in [2.05, 4.69) is 25.3 Å². The molecular formula is C19H26O2. The topological polar surface area (TPSA) is 18.5 Å². The van der Waals surface area contributed by atoms with Gasteiger partial charge in [-0.25, -0.2) is 0 Å². The summed E-state index contributed by atoms with van der Waals surface area (Å²) in [7, 11) is 0. The van der Waals surface area contributed by atoms with Crippen LogP contribution in [0.4, 0.5) is 0 Å². The molecule has 0 atom stereocenters. The Morgan fingerprint density at radius 3 is 2.57 bits per heavy atom.